The molecule has 0 aliphatic rings. The lowest BCUT2D eigenvalue weighted by molar-refractivity contribution is 0.281. The van der Waals surface area contributed by atoms with E-state index in [-0.39, 0.29) is 13.2 Å². The van der Waals surface area contributed by atoms with Gasteiger partial charge in [-0.1, -0.05) is 6.08 Å². The summed E-state index contributed by atoms with van der Waals surface area (Å²) < 4.78 is 13.2. The van der Waals surface area contributed by atoms with E-state index >= 15 is 0 Å². The van der Waals surface area contributed by atoms with Crippen LogP contribution in [0.2, 0.25) is 0 Å². The Balaban J connectivity index is 2.97. The van der Waals surface area contributed by atoms with Crippen molar-refractivity contribution in [2.45, 2.75) is 6.61 Å². The third-order valence-electron chi connectivity index (χ3n) is 2.21. The van der Waals surface area contributed by atoms with Crippen LogP contribution in [-0.2, 0) is 6.61 Å². The highest BCUT2D eigenvalue weighted by Crippen LogP contribution is 2.18. The van der Waals surface area contributed by atoms with Crippen molar-refractivity contribution < 1.29 is 14.6 Å². The lowest BCUT2D eigenvalue weighted by Gasteiger charge is -2.22. The van der Waals surface area contributed by atoms with Crippen molar-refractivity contribution in [3.8, 4) is 0 Å². The number of hydrogen-bond acceptors (Lipinski definition) is 3. The van der Waals surface area contributed by atoms with Crippen LogP contribution in [0.5, 0.6) is 0 Å². The first-order valence-corrected chi connectivity index (χ1v) is 5.08. The Morgan fingerprint density at radius 3 is 2.62 bits per heavy atom. The van der Waals surface area contributed by atoms with Crippen LogP contribution >= 0.6 is 0 Å². The van der Waals surface area contributed by atoms with Gasteiger partial charge in [0.2, 0.25) is 0 Å². The van der Waals surface area contributed by atoms with Crippen molar-refractivity contribution in [2.24, 2.45) is 0 Å². The fraction of sp³-hybridized carbons (Fsp3) is 0.333. The van der Waals surface area contributed by atoms with Gasteiger partial charge < -0.3 is 15.1 Å². The highest BCUT2D eigenvalue weighted by molar-refractivity contribution is 5.49. The van der Waals surface area contributed by atoms with E-state index < -0.39 is 5.82 Å². The molecule has 1 aromatic carbocycles. The molecule has 0 aromatic heterocycles. The molecule has 0 bridgehead atoms. The Labute approximate surface area is 94.4 Å². The zero-order valence-electron chi connectivity index (χ0n) is 9.06. The summed E-state index contributed by atoms with van der Waals surface area (Å²) in [5.41, 5.74) is 1.15. The number of anilines is 1. The van der Waals surface area contributed by atoms with Crippen molar-refractivity contribution in [2.75, 3.05) is 24.6 Å². The monoisotopic (exact) mass is 225 g/mol. The van der Waals surface area contributed by atoms with E-state index in [1.807, 2.05) is 0 Å². The Morgan fingerprint density at radius 1 is 1.31 bits per heavy atom. The van der Waals surface area contributed by atoms with Crippen LogP contribution in [0.15, 0.2) is 30.9 Å². The summed E-state index contributed by atoms with van der Waals surface area (Å²) >= 11 is 0. The molecule has 4 heteroatoms. The average Bonchev–Trinajstić information content (AvgIpc) is 2.28. The smallest absolute Gasteiger partial charge is 0.125 e. The van der Waals surface area contributed by atoms with Crippen LogP contribution in [0.25, 0.3) is 0 Å². The zero-order chi connectivity index (χ0) is 12.0. The van der Waals surface area contributed by atoms with Crippen molar-refractivity contribution in [3.63, 3.8) is 0 Å². The molecule has 0 aliphatic carbocycles. The second-order valence-electron chi connectivity index (χ2n) is 3.43. The van der Waals surface area contributed by atoms with Crippen LogP contribution in [0.3, 0.4) is 0 Å². The Kier molecular flexibility index (Phi) is 4.95. The van der Waals surface area contributed by atoms with Crippen molar-refractivity contribution in [1.82, 2.24) is 0 Å². The Bertz CT molecular complexity index is 355. The van der Waals surface area contributed by atoms with Crippen molar-refractivity contribution >= 4 is 5.69 Å². The van der Waals surface area contributed by atoms with E-state index in [1.54, 1.807) is 17.0 Å². The predicted molar refractivity (Wildman–Crippen MR) is 61.8 cm³/mol. The van der Waals surface area contributed by atoms with Crippen molar-refractivity contribution in [1.29, 1.82) is 0 Å². The molecular formula is C12H16FNO2. The second kappa shape index (κ2) is 6.25. The fourth-order valence-electron chi connectivity index (χ4n) is 1.51. The van der Waals surface area contributed by atoms with Gasteiger partial charge in [-0.2, -0.15) is 0 Å². The number of benzene rings is 1. The van der Waals surface area contributed by atoms with E-state index in [0.29, 0.717) is 24.3 Å². The standard InChI is InChI=1S/C12H16FNO2/c1-2-3-14(4-5-15)12-7-10(9-16)6-11(13)8-12/h2,6-8,15-16H,1,3-5,9H2. The maximum Gasteiger partial charge on any atom is 0.125 e. The highest BCUT2D eigenvalue weighted by atomic mass is 19.1. The quantitative estimate of drug-likeness (QED) is 0.717. The van der Waals surface area contributed by atoms with Gasteiger partial charge in [-0.15, -0.1) is 6.58 Å². The molecule has 0 unspecified atom stereocenters. The molecule has 0 spiro atoms. The minimum Gasteiger partial charge on any atom is -0.395 e. The van der Waals surface area contributed by atoms with Crippen LogP contribution in [-0.4, -0.2) is 29.9 Å². The van der Waals surface area contributed by atoms with E-state index in [1.165, 1.54) is 12.1 Å². The molecule has 0 amide bonds. The average molecular weight is 225 g/mol. The molecule has 88 valence electrons. The number of aliphatic hydroxyl groups excluding tert-OH is 2. The van der Waals surface area contributed by atoms with Crippen molar-refractivity contribution in [3.05, 3.63) is 42.2 Å². The number of rotatable bonds is 6. The molecule has 0 saturated carbocycles. The molecule has 0 atom stereocenters. The molecule has 3 nitrogen and oxygen atoms in total. The van der Waals surface area contributed by atoms with Gasteiger partial charge in [0.1, 0.15) is 5.82 Å². The molecule has 0 fully saturated rings. The van der Waals surface area contributed by atoms with Crippen LogP contribution < -0.4 is 4.90 Å². The van der Waals surface area contributed by atoms with Gasteiger partial charge >= 0.3 is 0 Å². The SMILES string of the molecule is C=CCN(CCO)c1cc(F)cc(CO)c1. The van der Waals surface area contributed by atoms with Gasteiger partial charge in [-0.25, -0.2) is 4.39 Å². The highest BCUT2D eigenvalue weighted by Gasteiger charge is 2.07. The lowest BCUT2D eigenvalue weighted by Crippen LogP contribution is -2.26. The first-order chi connectivity index (χ1) is 7.71. The largest absolute Gasteiger partial charge is 0.395 e. The molecule has 0 radical (unpaired) electrons. The molecular weight excluding hydrogens is 209 g/mol. The number of halogens is 1. The maximum absolute atomic E-state index is 13.2. The third kappa shape index (κ3) is 3.32. The number of hydrogen-bond donors (Lipinski definition) is 2. The molecule has 1 rings (SSSR count). The number of aliphatic hydroxyl groups is 2. The van der Waals surface area contributed by atoms with Gasteiger partial charge in [0.25, 0.3) is 0 Å². The fourth-order valence-corrected chi connectivity index (χ4v) is 1.51. The summed E-state index contributed by atoms with van der Waals surface area (Å²) in [5, 5.41) is 17.9. The van der Waals surface area contributed by atoms with E-state index in [9.17, 15) is 4.39 Å². The molecule has 0 aliphatic heterocycles. The summed E-state index contributed by atoms with van der Waals surface area (Å²) in [5.74, 6) is -0.395. The van der Waals surface area contributed by atoms with Crippen LogP contribution in [0, 0.1) is 5.82 Å². The third-order valence-corrected chi connectivity index (χ3v) is 2.21. The van der Waals surface area contributed by atoms with Gasteiger partial charge in [0, 0.05) is 18.8 Å². The van der Waals surface area contributed by atoms with E-state index in [0.717, 1.165) is 0 Å². The van der Waals surface area contributed by atoms with Crippen LogP contribution in [0.1, 0.15) is 5.56 Å². The Morgan fingerprint density at radius 2 is 2.06 bits per heavy atom. The normalized spacial score (nSPS) is 10.2. The summed E-state index contributed by atoms with van der Waals surface area (Å²) in [6, 6.07) is 4.36. The molecule has 0 heterocycles. The molecule has 2 N–H and O–H groups in total. The molecule has 1 aromatic rings. The first-order valence-electron chi connectivity index (χ1n) is 5.08. The summed E-state index contributed by atoms with van der Waals surface area (Å²) in [4.78, 5) is 1.79. The lowest BCUT2D eigenvalue weighted by atomic mass is 10.2. The minimum absolute atomic E-state index is 0.0151. The zero-order valence-corrected chi connectivity index (χ0v) is 9.06. The predicted octanol–water partition coefficient (Wildman–Crippen LogP) is 1.30. The maximum atomic E-state index is 13.2. The number of nitrogens with zero attached hydrogens (tertiary/aromatic N) is 1. The summed E-state index contributed by atoms with van der Waals surface area (Å²) in [7, 11) is 0. The van der Waals surface area contributed by atoms with Gasteiger partial charge in [0.15, 0.2) is 0 Å². The van der Waals surface area contributed by atoms with E-state index in [2.05, 4.69) is 6.58 Å². The van der Waals surface area contributed by atoms with Gasteiger partial charge in [-0.3, -0.25) is 0 Å². The molecule has 16 heavy (non-hydrogen) atoms. The van der Waals surface area contributed by atoms with Crippen LogP contribution in [0.4, 0.5) is 10.1 Å². The first kappa shape index (κ1) is 12.7. The summed E-state index contributed by atoms with van der Waals surface area (Å²) in [6.07, 6.45) is 1.68. The van der Waals surface area contributed by atoms with Gasteiger partial charge in [-0.05, 0) is 23.8 Å². The topological polar surface area (TPSA) is 43.7 Å². The molecule has 0 saturated heterocycles. The summed E-state index contributed by atoms with van der Waals surface area (Å²) in [6.45, 7) is 4.32. The second-order valence-corrected chi connectivity index (χ2v) is 3.43. The Hall–Kier alpha value is -1.39. The van der Waals surface area contributed by atoms with Gasteiger partial charge in [0.05, 0.1) is 13.2 Å². The minimum atomic E-state index is -0.395. The van der Waals surface area contributed by atoms with E-state index in [4.69, 9.17) is 10.2 Å².